The zero-order valence-corrected chi connectivity index (χ0v) is 19.5. The summed E-state index contributed by atoms with van der Waals surface area (Å²) in [6.07, 6.45) is 6.71. The van der Waals surface area contributed by atoms with E-state index >= 15 is 0 Å². The highest BCUT2D eigenvalue weighted by molar-refractivity contribution is 6.35. The van der Waals surface area contributed by atoms with Crippen molar-refractivity contribution in [3.63, 3.8) is 0 Å². The van der Waals surface area contributed by atoms with Gasteiger partial charge in [-0.3, -0.25) is 9.97 Å². The van der Waals surface area contributed by atoms with Crippen LogP contribution in [0.3, 0.4) is 0 Å². The molecule has 0 aliphatic heterocycles. The number of aromatic nitrogens is 5. The van der Waals surface area contributed by atoms with Gasteiger partial charge >= 0.3 is 0 Å². The maximum Gasteiger partial charge on any atom is 0.109 e. The highest BCUT2D eigenvalue weighted by Crippen LogP contribution is 2.36. The van der Waals surface area contributed by atoms with Gasteiger partial charge in [0.15, 0.2) is 0 Å². The number of aromatic amines is 1. The number of hydrogen-bond donors (Lipinski definition) is 3. The minimum atomic E-state index is -0.317. The summed E-state index contributed by atoms with van der Waals surface area (Å²) in [5.41, 5.74) is 5.19. The van der Waals surface area contributed by atoms with E-state index in [4.69, 9.17) is 11.6 Å². The third-order valence-electron chi connectivity index (χ3n) is 5.76. The van der Waals surface area contributed by atoms with Gasteiger partial charge in [0, 0.05) is 35.7 Å². The Balaban J connectivity index is 1.58. The van der Waals surface area contributed by atoms with Crippen molar-refractivity contribution >= 4 is 33.9 Å². The number of anilines is 2. The molecule has 0 fully saturated rings. The second-order valence-corrected chi connectivity index (χ2v) is 8.46. The second-order valence-electron chi connectivity index (χ2n) is 8.05. The molecule has 8 nitrogen and oxygen atoms in total. The van der Waals surface area contributed by atoms with E-state index in [1.165, 1.54) is 0 Å². The molecule has 0 bridgehead atoms. The van der Waals surface area contributed by atoms with Crippen LogP contribution in [0.2, 0.25) is 5.02 Å². The molecule has 172 valence electrons. The Bertz CT molecular complexity index is 1480. The van der Waals surface area contributed by atoms with Gasteiger partial charge in [0.25, 0.3) is 0 Å². The number of halogens is 1. The first-order chi connectivity index (χ1) is 17.1. The highest BCUT2D eigenvalue weighted by atomic mass is 35.5. The van der Waals surface area contributed by atoms with Gasteiger partial charge < -0.3 is 10.6 Å². The van der Waals surface area contributed by atoms with Crippen molar-refractivity contribution < 1.29 is 0 Å². The van der Waals surface area contributed by atoms with Gasteiger partial charge in [-0.15, -0.1) is 0 Å². The molecule has 0 amide bonds. The molecule has 2 atom stereocenters. The van der Waals surface area contributed by atoms with Crippen LogP contribution >= 0.6 is 11.6 Å². The summed E-state index contributed by atoms with van der Waals surface area (Å²) in [6.45, 7) is 2.05. The van der Waals surface area contributed by atoms with Crippen molar-refractivity contribution in [3.8, 4) is 6.07 Å². The maximum absolute atomic E-state index is 9.81. The number of nitriles is 1. The minimum Gasteiger partial charge on any atom is -0.377 e. The zero-order chi connectivity index (χ0) is 24.2. The Labute approximate surface area is 207 Å². The normalized spacial score (nSPS) is 12.6. The summed E-state index contributed by atoms with van der Waals surface area (Å²) in [5.74, 6) is 0. The molecule has 35 heavy (non-hydrogen) atoms. The molecule has 0 spiro atoms. The van der Waals surface area contributed by atoms with Crippen molar-refractivity contribution in [3.05, 3.63) is 107 Å². The van der Waals surface area contributed by atoms with E-state index in [1.54, 1.807) is 24.8 Å². The third kappa shape index (κ3) is 4.63. The number of nitrogens with one attached hydrogen (secondary N) is 3. The van der Waals surface area contributed by atoms with E-state index in [0.29, 0.717) is 27.5 Å². The second kappa shape index (κ2) is 9.79. The van der Waals surface area contributed by atoms with Crippen LogP contribution in [0.25, 0.3) is 10.9 Å². The first kappa shape index (κ1) is 22.3. The fraction of sp³-hybridized carbons (Fsp3) is 0.115. The highest BCUT2D eigenvalue weighted by Gasteiger charge is 2.20. The summed E-state index contributed by atoms with van der Waals surface area (Å²) in [4.78, 5) is 8.70. The minimum absolute atomic E-state index is 0.0393. The van der Waals surface area contributed by atoms with Crippen LogP contribution in [-0.4, -0.2) is 25.4 Å². The van der Waals surface area contributed by atoms with Crippen LogP contribution in [0, 0.1) is 11.3 Å². The zero-order valence-electron chi connectivity index (χ0n) is 18.8. The maximum atomic E-state index is 9.81. The summed E-state index contributed by atoms with van der Waals surface area (Å²) >= 11 is 6.68. The molecule has 0 aliphatic rings. The van der Waals surface area contributed by atoms with Crippen molar-refractivity contribution in [2.75, 3.05) is 10.6 Å². The van der Waals surface area contributed by atoms with Crippen molar-refractivity contribution in [2.24, 2.45) is 0 Å². The molecular weight excluding hydrogens is 460 g/mol. The summed E-state index contributed by atoms with van der Waals surface area (Å²) < 4.78 is 0. The molecule has 3 aromatic heterocycles. The average molecular weight is 481 g/mol. The molecule has 5 aromatic rings. The lowest BCUT2D eigenvalue weighted by Gasteiger charge is -2.21. The predicted octanol–water partition coefficient (Wildman–Crippen LogP) is 5.65. The van der Waals surface area contributed by atoms with Crippen molar-refractivity contribution in [1.82, 2.24) is 25.4 Å². The van der Waals surface area contributed by atoms with E-state index < -0.39 is 0 Å². The Hall–Kier alpha value is -4.48. The predicted molar refractivity (Wildman–Crippen MR) is 136 cm³/mol. The lowest BCUT2D eigenvalue weighted by atomic mass is 10.0. The van der Waals surface area contributed by atoms with Gasteiger partial charge in [-0.25, -0.2) is 0 Å². The van der Waals surface area contributed by atoms with E-state index in [0.717, 1.165) is 22.2 Å². The number of fused-ring (bicyclic) bond motifs is 1. The standard InChI is InChI=1S/C26H21ClN8/c1-16(17-6-3-2-4-7-17)32-24-19(12-28)14-30-26-21(24)10-20(11-22(26)27)33-25(23-15-31-35-34-23)18-8-5-9-29-13-18/h2-11,13-16,25,33H,1H3,(H,30,32)(H,31,34,35)/t16-,25?/m1/s1. The van der Waals surface area contributed by atoms with Gasteiger partial charge in [0.2, 0.25) is 0 Å². The molecule has 9 heteroatoms. The van der Waals surface area contributed by atoms with Gasteiger partial charge in [-0.1, -0.05) is 48.0 Å². The summed E-state index contributed by atoms with van der Waals surface area (Å²) in [5, 5.41) is 28.9. The van der Waals surface area contributed by atoms with E-state index in [9.17, 15) is 5.26 Å². The van der Waals surface area contributed by atoms with E-state index in [1.807, 2.05) is 54.6 Å². The molecular formula is C26H21ClN8. The van der Waals surface area contributed by atoms with E-state index in [-0.39, 0.29) is 12.1 Å². The molecule has 1 unspecified atom stereocenters. The molecule has 2 aromatic carbocycles. The number of nitrogens with zero attached hydrogens (tertiary/aromatic N) is 5. The van der Waals surface area contributed by atoms with Gasteiger partial charge in [-0.05, 0) is 36.2 Å². The average Bonchev–Trinajstić information content (AvgIpc) is 3.43. The van der Waals surface area contributed by atoms with Gasteiger partial charge in [0.1, 0.15) is 11.8 Å². The first-order valence-electron chi connectivity index (χ1n) is 11.0. The fourth-order valence-corrected chi connectivity index (χ4v) is 4.28. The topological polar surface area (TPSA) is 115 Å². The molecule has 3 N–H and O–H groups in total. The Kier molecular flexibility index (Phi) is 6.24. The SMILES string of the molecule is C[C@@H](Nc1c(C#N)cnc2c(Cl)cc(NC(c3cccnc3)c3cn[nH]n3)cc12)c1ccccc1. The number of benzene rings is 2. The Morgan fingerprint density at radius 1 is 1.00 bits per heavy atom. The van der Waals surface area contributed by atoms with Crippen LogP contribution in [-0.2, 0) is 0 Å². The smallest absolute Gasteiger partial charge is 0.109 e. The molecule has 0 saturated heterocycles. The molecule has 3 heterocycles. The van der Waals surface area contributed by atoms with E-state index in [2.05, 4.69) is 49.0 Å². The van der Waals surface area contributed by atoms with Gasteiger partial charge in [-0.2, -0.15) is 20.7 Å². The monoisotopic (exact) mass is 480 g/mol. The lowest BCUT2D eigenvalue weighted by molar-refractivity contribution is 0.847. The fourth-order valence-electron chi connectivity index (χ4n) is 4.02. The summed E-state index contributed by atoms with van der Waals surface area (Å²) in [7, 11) is 0. The number of hydrogen-bond acceptors (Lipinski definition) is 7. The molecule has 5 rings (SSSR count). The van der Waals surface area contributed by atoms with Crippen LogP contribution in [0.5, 0.6) is 0 Å². The van der Waals surface area contributed by atoms with Gasteiger partial charge in [0.05, 0.1) is 34.0 Å². The molecule has 0 radical (unpaired) electrons. The Morgan fingerprint density at radius 2 is 1.83 bits per heavy atom. The molecule has 0 saturated carbocycles. The molecule has 0 aliphatic carbocycles. The van der Waals surface area contributed by atoms with Crippen LogP contribution in [0.1, 0.15) is 41.4 Å². The van der Waals surface area contributed by atoms with Crippen LogP contribution in [0.15, 0.2) is 79.4 Å². The van der Waals surface area contributed by atoms with Crippen molar-refractivity contribution in [1.29, 1.82) is 5.26 Å². The van der Waals surface area contributed by atoms with Crippen LogP contribution < -0.4 is 10.6 Å². The van der Waals surface area contributed by atoms with Crippen LogP contribution in [0.4, 0.5) is 11.4 Å². The number of rotatable bonds is 7. The quantitative estimate of drug-likeness (QED) is 0.275. The number of H-pyrrole nitrogens is 1. The largest absolute Gasteiger partial charge is 0.377 e. The first-order valence-corrected chi connectivity index (χ1v) is 11.4. The lowest BCUT2D eigenvalue weighted by Crippen LogP contribution is -2.13. The summed E-state index contributed by atoms with van der Waals surface area (Å²) in [6, 6.07) is 19.5. The number of pyridine rings is 2. The Morgan fingerprint density at radius 3 is 2.54 bits per heavy atom. The third-order valence-corrected chi connectivity index (χ3v) is 6.05. The van der Waals surface area contributed by atoms with Crippen molar-refractivity contribution in [2.45, 2.75) is 19.0 Å².